The van der Waals surface area contributed by atoms with Crippen LogP contribution in [0.2, 0.25) is 0 Å². The number of alkyl halides is 3. The molecule has 10 heteroatoms. The molecule has 0 aromatic heterocycles. The van der Waals surface area contributed by atoms with Gasteiger partial charge in [0.2, 0.25) is 0 Å². The van der Waals surface area contributed by atoms with E-state index in [4.69, 9.17) is 0 Å². The summed E-state index contributed by atoms with van der Waals surface area (Å²) in [6, 6.07) is 0. The molecule has 3 rings (SSSR count). The molecule has 6 nitrogen and oxygen atoms in total. The van der Waals surface area contributed by atoms with Crippen molar-refractivity contribution in [2.75, 3.05) is 0 Å². The van der Waals surface area contributed by atoms with Crippen molar-refractivity contribution in [2.24, 2.45) is 17.8 Å². The van der Waals surface area contributed by atoms with Gasteiger partial charge in [0.1, 0.15) is 0 Å². The molecular weight excluding hydrogens is 658 g/mol. The fraction of sp³-hybridized carbons (Fsp3) is 0.857. The molecule has 3 aliphatic rings. The monoisotopic (exact) mass is 684 g/mol. The van der Waals surface area contributed by atoms with Gasteiger partial charge < -0.3 is 29.7 Å². The van der Waals surface area contributed by atoms with Crippen molar-refractivity contribution < 1.29 is 29.7 Å². The molecule has 6 atom stereocenters. The third-order valence-electron chi connectivity index (χ3n) is 5.83. The van der Waals surface area contributed by atoms with Crippen LogP contribution in [0.1, 0.15) is 77.0 Å². The van der Waals surface area contributed by atoms with Gasteiger partial charge in [-0.2, -0.15) is 0 Å². The third-order valence-corrected chi connectivity index (χ3v) is 8.33. The molecule has 0 aliphatic heterocycles. The maximum atomic E-state index is 10.4. The molecule has 31 heavy (non-hydrogen) atoms. The Labute approximate surface area is 223 Å². The number of halogens is 3. The summed E-state index contributed by atoms with van der Waals surface area (Å²) in [7, 11) is 0. The predicted molar refractivity (Wildman–Crippen MR) is 125 cm³/mol. The predicted octanol–water partition coefficient (Wildman–Crippen LogP) is 1.69. The molecule has 0 heterocycles. The molecule has 0 bridgehead atoms. The zero-order valence-electron chi connectivity index (χ0n) is 17.6. The van der Waals surface area contributed by atoms with Crippen LogP contribution in [0.5, 0.6) is 0 Å². The molecule has 3 saturated carbocycles. The van der Waals surface area contributed by atoms with Crippen molar-refractivity contribution in [3.8, 4) is 0 Å². The first kappa shape index (κ1) is 31.5. The molecule has 0 saturated heterocycles. The molecule has 0 spiro atoms. The first-order chi connectivity index (χ1) is 14.1. The van der Waals surface area contributed by atoms with Gasteiger partial charge in [0.05, 0.1) is 0 Å². The average molecular weight is 688 g/mol. The molecule has 0 amide bonds. The van der Waals surface area contributed by atoms with Crippen molar-refractivity contribution >= 4 is 85.5 Å². The van der Waals surface area contributed by atoms with Gasteiger partial charge in [0.25, 0.3) is 0 Å². The Bertz CT molecular complexity index is 489. The summed E-state index contributed by atoms with van der Waals surface area (Å²) in [4.78, 5) is 32.3. The smallest absolute Gasteiger partial charge is 0.550 e. The summed E-state index contributed by atoms with van der Waals surface area (Å²) in [5, 5.41) is 31.1. The Morgan fingerprint density at radius 2 is 0.742 bits per heavy atom. The number of carbonyl (C=O) groups excluding carboxylic acids is 3. The Kier molecular flexibility index (Phi) is 17.3. The minimum atomic E-state index is -0.885. The van der Waals surface area contributed by atoms with Gasteiger partial charge in [-0.15, -0.1) is 0 Å². The van der Waals surface area contributed by atoms with Crippen LogP contribution in [0.3, 0.4) is 0 Å². The molecule has 0 radical (unpaired) electrons. The number of rotatable bonds is 3. The first-order valence-electron chi connectivity index (χ1n) is 10.6. The van der Waals surface area contributed by atoms with E-state index >= 15 is 0 Å². The van der Waals surface area contributed by atoms with E-state index in [1.54, 1.807) is 0 Å². The second-order valence-electron chi connectivity index (χ2n) is 8.34. The molecule has 0 aromatic carbocycles. The van der Waals surface area contributed by atoms with Crippen LogP contribution >= 0.6 is 47.8 Å². The first-order valence-corrected chi connectivity index (χ1v) is 13.4. The van der Waals surface area contributed by atoms with Crippen LogP contribution in [-0.4, -0.2) is 52.2 Å². The molecular formula is C21H30Br3GaO6. The summed E-state index contributed by atoms with van der Waals surface area (Å²) in [6.07, 6.45) is 10.9. The molecule has 6 unspecified atom stereocenters. The van der Waals surface area contributed by atoms with Gasteiger partial charge in [-0.1, -0.05) is 67.1 Å². The van der Waals surface area contributed by atoms with Crippen LogP contribution in [-0.2, 0) is 14.4 Å². The quantitative estimate of drug-likeness (QED) is 0.329. The molecule has 174 valence electrons. The van der Waals surface area contributed by atoms with Crippen LogP contribution < -0.4 is 15.3 Å². The van der Waals surface area contributed by atoms with E-state index in [0.29, 0.717) is 14.5 Å². The summed E-state index contributed by atoms with van der Waals surface area (Å²) < 4.78 is 0. The minimum absolute atomic E-state index is 0. The van der Waals surface area contributed by atoms with E-state index in [0.717, 1.165) is 77.0 Å². The normalized spacial score (nSPS) is 32.6. The Morgan fingerprint density at radius 3 is 0.871 bits per heavy atom. The second kappa shape index (κ2) is 17.0. The van der Waals surface area contributed by atoms with Gasteiger partial charge in [-0.05, 0) is 75.5 Å². The van der Waals surface area contributed by atoms with Gasteiger partial charge in [-0.25, -0.2) is 0 Å². The van der Waals surface area contributed by atoms with E-state index in [-0.39, 0.29) is 37.5 Å². The van der Waals surface area contributed by atoms with E-state index in [9.17, 15) is 29.7 Å². The van der Waals surface area contributed by atoms with Crippen molar-refractivity contribution in [3.05, 3.63) is 0 Å². The molecule has 3 fully saturated rings. The summed E-state index contributed by atoms with van der Waals surface area (Å²) in [5.41, 5.74) is 0. The number of hydrogen-bond acceptors (Lipinski definition) is 6. The van der Waals surface area contributed by atoms with Gasteiger partial charge in [-0.3, -0.25) is 0 Å². The van der Waals surface area contributed by atoms with Gasteiger partial charge in [0.15, 0.2) is 0 Å². The summed E-state index contributed by atoms with van der Waals surface area (Å²) in [5.74, 6) is -3.29. The SMILES string of the molecule is O=C([O-])C1CCCC(Br)C1.O=C([O-])C1CCCC(Br)C1.O=C([O-])C1CCCC(Br)C1.[Ga+3]. The van der Waals surface area contributed by atoms with Crippen LogP contribution in [0.25, 0.3) is 0 Å². The topological polar surface area (TPSA) is 120 Å². The van der Waals surface area contributed by atoms with E-state index in [1.165, 1.54) is 0 Å². The van der Waals surface area contributed by atoms with E-state index in [1.807, 2.05) is 0 Å². The Balaban J connectivity index is 0.000000429. The van der Waals surface area contributed by atoms with Crippen LogP contribution in [0.15, 0.2) is 0 Å². The number of carbonyl (C=O) groups is 3. The zero-order valence-corrected chi connectivity index (χ0v) is 24.8. The minimum Gasteiger partial charge on any atom is -0.550 e. The number of hydrogen-bond donors (Lipinski definition) is 0. The van der Waals surface area contributed by atoms with Gasteiger partial charge >= 0.3 is 19.8 Å². The zero-order chi connectivity index (χ0) is 22.7. The molecule has 3 aliphatic carbocycles. The Hall–Kier alpha value is 0.486. The number of aliphatic carboxylic acids is 3. The third kappa shape index (κ3) is 13.7. The van der Waals surface area contributed by atoms with Crippen molar-refractivity contribution in [3.63, 3.8) is 0 Å². The maximum Gasteiger partial charge on any atom is 3.00 e. The van der Waals surface area contributed by atoms with Crippen molar-refractivity contribution in [1.29, 1.82) is 0 Å². The van der Waals surface area contributed by atoms with Crippen LogP contribution in [0, 0.1) is 17.8 Å². The fourth-order valence-electron chi connectivity index (χ4n) is 4.03. The largest absolute Gasteiger partial charge is 3.00 e. The average Bonchev–Trinajstić information content (AvgIpc) is 2.69. The Morgan fingerprint density at radius 1 is 0.516 bits per heavy atom. The number of carboxylic acids is 3. The summed E-state index contributed by atoms with van der Waals surface area (Å²) in [6.45, 7) is 0. The molecule has 0 N–H and O–H groups in total. The van der Waals surface area contributed by atoms with Crippen molar-refractivity contribution in [2.45, 2.75) is 91.5 Å². The fourth-order valence-corrected chi connectivity index (χ4v) is 6.36. The maximum absolute atomic E-state index is 10.4. The standard InChI is InChI=1S/3C7H11BrO2.Ga/c3*8-6-3-1-2-5(4-6)7(9)10;/h3*5-6H,1-4H2,(H,9,10);/q;;;+3/p-3. The van der Waals surface area contributed by atoms with Crippen LogP contribution in [0.4, 0.5) is 0 Å². The second-order valence-corrected chi connectivity index (χ2v) is 12.2. The van der Waals surface area contributed by atoms with Crippen molar-refractivity contribution in [1.82, 2.24) is 0 Å². The van der Waals surface area contributed by atoms with E-state index < -0.39 is 17.9 Å². The van der Waals surface area contributed by atoms with Gasteiger partial charge in [0, 0.05) is 32.4 Å². The number of carboxylic acid groups (broad SMARTS) is 3. The van der Waals surface area contributed by atoms with E-state index in [2.05, 4.69) is 47.8 Å². The summed E-state index contributed by atoms with van der Waals surface area (Å²) >= 11 is 10.2. The molecule has 0 aromatic rings.